The summed E-state index contributed by atoms with van der Waals surface area (Å²) in [5.74, 6) is 1.76. The Labute approximate surface area is 176 Å². The largest absolute Gasteiger partial charge is 0.497 e. The average molecular weight is 409 g/mol. The van der Waals surface area contributed by atoms with Crippen molar-refractivity contribution in [3.05, 3.63) is 53.1 Å². The minimum absolute atomic E-state index is 0.0852. The SMILES string of the molecule is COc1ccc(C(CNC(=O)Cc2nc3nc(C)cc(C)n3n2)N2CCCC2)cc1. The summed E-state index contributed by atoms with van der Waals surface area (Å²) in [7, 11) is 1.67. The molecule has 1 aliphatic rings. The molecule has 1 N–H and O–H groups in total. The van der Waals surface area contributed by atoms with Crippen molar-refractivity contribution in [2.24, 2.45) is 0 Å². The van der Waals surface area contributed by atoms with Gasteiger partial charge in [-0.25, -0.2) is 9.50 Å². The second kappa shape index (κ2) is 8.79. The van der Waals surface area contributed by atoms with E-state index in [0.29, 0.717) is 18.1 Å². The van der Waals surface area contributed by atoms with Crippen LogP contribution < -0.4 is 10.1 Å². The van der Waals surface area contributed by atoms with Crippen molar-refractivity contribution >= 4 is 11.7 Å². The van der Waals surface area contributed by atoms with Crippen LogP contribution in [0.15, 0.2) is 30.3 Å². The number of fused-ring (bicyclic) bond motifs is 1. The highest BCUT2D eigenvalue weighted by Gasteiger charge is 2.24. The predicted molar refractivity (Wildman–Crippen MR) is 114 cm³/mol. The van der Waals surface area contributed by atoms with Gasteiger partial charge in [0.05, 0.1) is 19.6 Å². The fourth-order valence-corrected chi connectivity index (χ4v) is 4.04. The van der Waals surface area contributed by atoms with Crippen LogP contribution >= 0.6 is 0 Å². The van der Waals surface area contributed by atoms with E-state index in [9.17, 15) is 4.79 Å². The number of nitrogens with one attached hydrogen (secondary N) is 1. The molecule has 2 aromatic heterocycles. The van der Waals surface area contributed by atoms with Crippen molar-refractivity contribution in [3.63, 3.8) is 0 Å². The number of carbonyl (C=O) groups excluding carboxylic acids is 1. The summed E-state index contributed by atoms with van der Waals surface area (Å²) in [6.07, 6.45) is 2.52. The van der Waals surface area contributed by atoms with Gasteiger partial charge in [-0.2, -0.15) is 4.98 Å². The van der Waals surface area contributed by atoms with Gasteiger partial charge in [0.2, 0.25) is 5.91 Å². The molecule has 1 saturated heterocycles. The maximum Gasteiger partial charge on any atom is 0.252 e. The highest BCUT2D eigenvalue weighted by atomic mass is 16.5. The minimum Gasteiger partial charge on any atom is -0.497 e. The first-order chi connectivity index (χ1) is 14.5. The summed E-state index contributed by atoms with van der Waals surface area (Å²) in [4.78, 5) is 23.9. The Morgan fingerprint density at radius 1 is 1.17 bits per heavy atom. The lowest BCUT2D eigenvalue weighted by Crippen LogP contribution is -2.37. The van der Waals surface area contributed by atoms with Crippen LogP contribution in [-0.4, -0.2) is 57.1 Å². The molecule has 0 radical (unpaired) electrons. The molecule has 1 aromatic carbocycles. The highest BCUT2D eigenvalue weighted by Crippen LogP contribution is 2.26. The van der Waals surface area contributed by atoms with Crippen molar-refractivity contribution in [1.82, 2.24) is 29.8 Å². The van der Waals surface area contributed by atoms with E-state index in [4.69, 9.17) is 4.74 Å². The highest BCUT2D eigenvalue weighted by molar-refractivity contribution is 5.77. The fraction of sp³-hybridized carbons (Fsp3) is 0.455. The number of aromatic nitrogens is 4. The molecular formula is C22H28N6O2. The zero-order valence-electron chi connectivity index (χ0n) is 17.8. The second-order valence-electron chi connectivity index (χ2n) is 7.79. The van der Waals surface area contributed by atoms with Gasteiger partial charge < -0.3 is 10.1 Å². The summed E-state index contributed by atoms with van der Waals surface area (Å²) in [5, 5.41) is 7.52. The predicted octanol–water partition coefficient (Wildman–Crippen LogP) is 2.25. The van der Waals surface area contributed by atoms with Gasteiger partial charge in [0, 0.05) is 17.9 Å². The quantitative estimate of drug-likeness (QED) is 0.645. The number of carbonyl (C=O) groups is 1. The van der Waals surface area contributed by atoms with Crippen LogP contribution in [0.1, 0.15) is 41.7 Å². The van der Waals surface area contributed by atoms with Crippen molar-refractivity contribution in [1.29, 1.82) is 0 Å². The number of methoxy groups -OCH3 is 1. The maximum absolute atomic E-state index is 12.6. The van der Waals surface area contributed by atoms with Crippen molar-refractivity contribution < 1.29 is 9.53 Å². The molecule has 0 bridgehead atoms. The van der Waals surface area contributed by atoms with Crippen LogP contribution in [0.3, 0.4) is 0 Å². The molecule has 3 aromatic rings. The molecule has 8 nitrogen and oxygen atoms in total. The second-order valence-corrected chi connectivity index (χ2v) is 7.79. The van der Waals surface area contributed by atoms with Gasteiger partial charge in [0.25, 0.3) is 5.78 Å². The van der Waals surface area contributed by atoms with Gasteiger partial charge in [0.15, 0.2) is 5.82 Å². The van der Waals surface area contributed by atoms with E-state index in [1.54, 1.807) is 11.6 Å². The van der Waals surface area contributed by atoms with Crippen molar-refractivity contribution in [2.75, 3.05) is 26.7 Å². The van der Waals surface area contributed by atoms with E-state index < -0.39 is 0 Å². The number of hydrogen-bond acceptors (Lipinski definition) is 6. The van der Waals surface area contributed by atoms with Crippen LogP contribution in [-0.2, 0) is 11.2 Å². The summed E-state index contributed by atoms with van der Waals surface area (Å²) < 4.78 is 6.96. The van der Waals surface area contributed by atoms with E-state index in [2.05, 4.69) is 37.4 Å². The van der Waals surface area contributed by atoms with Crippen LogP contribution in [0.5, 0.6) is 5.75 Å². The van der Waals surface area contributed by atoms with Gasteiger partial charge in [-0.15, -0.1) is 5.10 Å². The molecular weight excluding hydrogens is 380 g/mol. The van der Waals surface area contributed by atoms with Crippen molar-refractivity contribution in [2.45, 2.75) is 39.2 Å². The summed E-state index contributed by atoms with van der Waals surface area (Å²) in [5.41, 5.74) is 3.01. The number of nitrogens with zero attached hydrogens (tertiary/aromatic N) is 5. The standard InChI is InChI=1S/C22H28N6O2/c1-15-12-16(2)28-22(24-15)25-20(26-28)13-21(29)23-14-19(27-10-4-5-11-27)17-6-8-18(30-3)9-7-17/h6-9,12,19H,4-5,10-11,13-14H2,1-3H3,(H,23,29). The molecule has 1 fully saturated rings. The molecule has 0 aliphatic carbocycles. The monoisotopic (exact) mass is 408 g/mol. The molecule has 3 heterocycles. The summed E-state index contributed by atoms with van der Waals surface area (Å²) >= 11 is 0. The minimum atomic E-state index is -0.0852. The molecule has 4 rings (SSSR count). The molecule has 1 amide bonds. The molecule has 0 spiro atoms. The van der Waals surface area contributed by atoms with Gasteiger partial charge in [0.1, 0.15) is 5.75 Å². The zero-order valence-corrected chi connectivity index (χ0v) is 17.8. The average Bonchev–Trinajstić information content (AvgIpc) is 3.39. The van der Waals surface area contributed by atoms with Crippen LogP contribution in [0.4, 0.5) is 0 Å². The zero-order chi connectivity index (χ0) is 21.1. The Kier molecular flexibility index (Phi) is 5.94. The Balaban J connectivity index is 1.43. The molecule has 1 aliphatic heterocycles. The van der Waals surface area contributed by atoms with Gasteiger partial charge in [-0.1, -0.05) is 12.1 Å². The Morgan fingerprint density at radius 3 is 2.60 bits per heavy atom. The smallest absolute Gasteiger partial charge is 0.252 e. The fourth-order valence-electron chi connectivity index (χ4n) is 4.04. The molecule has 0 saturated carbocycles. The first-order valence-electron chi connectivity index (χ1n) is 10.4. The van der Waals surface area contributed by atoms with Crippen LogP contribution in [0.25, 0.3) is 5.78 Å². The lowest BCUT2D eigenvalue weighted by atomic mass is 10.1. The van der Waals surface area contributed by atoms with Crippen molar-refractivity contribution in [3.8, 4) is 5.75 Å². The van der Waals surface area contributed by atoms with E-state index in [0.717, 1.165) is 30.2 Å². The number of benzene rings is 1. The number of aryl methyl sites for hydroxylation is 2. The number of likely N-dealkylation sites (tertiary alicyclic amines) is 1. The number of hydrogen-bond donors (Lipinski definition) is 1. The van der Waals surface area contributed by atoms with E-state index >= 15 is 0 Å². The Hall–Kier alpha value is -3.00. The summed E-state index contributed by atoms with van der Waals surface area (Å²) in [6.45, 7) is 6.52. The molecule has 1 unspecified atom stereocenters. The molecule has 30 heavy (non-hydrogen) atoms. The van der Waals surface area contributed by atoms with E-state index in [1.165, 1.54) is 18.4 Å². The van der Waals surface area contributed by atoms with Crippen LogP contribution in [0.2, 0.25) is 0 Å². The Bertz CT molecular complexity index is 1020. The van der Waals surface area contributed by atoms with Crippen LogP contribution in [0, 0.1) is 13.8 Å². The van der Waals surface area contributed by atoms with E-state index in [-0.39, 0.29) is 18.4 Å². The number of ether oxygens (including phenoxy) is 1. The first-order valence-corrected chi connectivity index (χ1v) is 10.4. The normalized spacial score (nSPS) is 15.4. The third-order valence-electron chi connectivity index (χ3n) is 5.56. The molecule has 158 valence electrons. The molecule has 8 heteroatoms. The first kappa shape index (κ1) is 20.3. The number of rotatable bonds is 7. The topological polar surface area (TPSA) is 84.6 Å². The van der Waals surface area contributed by atoms with Gasteiger partial charge >= 0.3 is 0 Å². The summed E-state index contributed by atoms with van der Waals surface area (Å²) in [6, 6.07) is 10.2. The van der Waals surface area contributed by atoms with Gasteiger partial charge in [-0.3, -0.25) is 9.69 Å². The lowest BCUT2D eigenvalue weighted by Gasteiger charge is -2.28. The molecule has 1 atom stereocenters. The van der Waals surface area contributed by atoms with E-state index in [1.807, 2.05) is 32.0 Å². The Morgan fingerprint density at radius 2 is 1.90 bits per heavy atom. The maximum atomic E-state index is 12.6. The van der Waals surface area contributed by atoms with Gasteiger partial charge in [-0.05, 0) is 63.5 Å². The third kappa shape index (κ3) is 4.43. The number of amides is 1. The lowest BCUT2D eigenvalue weighted by molar-refractivity contribution is -0.120. The third-order valence-corrected chi connectivity index (χ3v) is 5.56.